The quantitative estimate of drug-likeness (QED) is 0.912. The molecule has 0 radical (unpaired) electrons. The Morgan fingerprint density at radius 3 is 2.67 bits per heavy atom. The molecule has 1 aromatic heterocycles. The molecule has 0 amide bonds. The molecule has 0 bridgehead atoms. The molecule has 0 spiro atoms. The Kier molecular flexibility index (Phi) is 4.91. The Morgan fingerprint density at radius 2 is 2.00 bits per heavy atom. The predicted octanol–water partition coefficient (Wildman–Crippen LogP) is 3.63. The highest BCUT2D eigenvalue weighted by molar-refractivity contribution is 7.07. The monoisotopic (exact) mass is 322 g/mol. The molecule has 0 saturated carbocycles. The second-order valence-electron chi connectivity index (χ2n) is 5.48. The Labute approximate surface area is 134 Å². The molecule has 1 aliphatic heterocycles. The van der Waals surface area contributed by atoms with Crippen LogP contribution in [0.1, 0.15) is 24.1 Å². The molecule has 0 atom stereocenters. The molecule has 1 saturated heterocycles. The minimum Gasteiger partial charge on any atom is -0.381 e. The van der Waals surface area contributed by atoms with Gasteiger partial charge in [-0.05, 0) is 30.5 Å². The van der Waals surface area contributed by atoms with E-state index in [1.54, 1.807) is 11.3 Å². The van der Waals surface area contributed by atoms with Gasteiger partial charge in [-0.2, -0.15) is 0 Å². The van der Waals surface area contributed by atoms with Crippen molar-refractivity contribution in [2.75, 3.05) is 19.8 Å². The molecule has 112 valence electrons. The van der Waals surface area contributed by atoms with E-state index in [1.165, 1.54) is 5.56 Å². The molecule has 0 unspecified atom stereocenters. The van der Waals surface area contributed by atoms with Crippen LogP contribution in [-0.4, -0.2) is 24.7 Å². The van der Waals surface area contributed by atoms with Crippen LogP contribution in [0.3, 0.4) is 0 Å². The van der Waals surface area contributed by atoms with Crippen molar-refractivity contribution in [1.29, 1.82) is 0 Å². The summed E-state index contributed by atoms with van der Waals surface area (Å²) < 4.78 is 5.56. The second kappa shape index (κ2) is 6.88. The van der Waals surface area contributed by atoms with Gasteiger partial charge < -0.3 is 10.1 Å². The van der Waals surface area contributed by atoms with Crippen LogP contribution in [0.2, 0.25) is 5.02 Å². The standard InChI is InChI=1S/C16H19ClN2OS/c17-14-3-1-13(2-4-14)16(5-7-20-8-6-16)11-18-9-15-10-21-12-19-15/h1-4,10,12,18H,5-9,11H2. The van der Waals surface area contributed by atoms with Gasteiger partial charge in [0.1, 0.15) is 0 Å². The summed E-state index contributed by atoms with van der Waals surface area (Å²) >= 11 is 7.66. The molecule has 1 aromatic carbocycles. The fourth-order valence-corrected chi connectivity index (χ4v) is 3.57. The van der Waals surface area contributed by atoms with Crippen molar-refractivity contribution in [3.8, 4) is 0 Å². The third kappa shape index (κ3) is 3.64. The first-order chi connectivity index (χ1) is 10.3. The molecule has 1 fully saturated rings. The van der Waals surface area contributed by atoms with Gasteiger partial charge in [-0.1, -0.05) is 23.7 Å². The summed E-state index contributed by atoms with van der Waals surface area (Å²) in [6, 6.07) is 8.26. The number of hydrogen-bond acceptors (Lipinski definition) is 4. The van der Waals surface area contributed by atoms with Crippen LogP contribution in [0.5, 0.6) is 0 Å². The zero-order chi connectivity index (χ0) is 14.5. The normalized spacial score (nSPS) is 17.8. The van der Waals surface area contributed by atoms with Crippen molar-refractivity contribution in [1.82, 2.24) is 10.3 Å². The van der Waals surface area contributed by atoms with Crippen LogP contribution in [0.15, 0.2) is 35.2 Å². The minimum atomic E-state index is 0.138. The minimum absolute atomic E-state index is 0.138. The highest BCUT2D eigenvalue weighted by Crippen LogP contribution is 2.34. The Bertz CT molecular complexity index is 550. The Hall–Kier alpha value is -0.940. The Balaban J connectivity index is 1.71. The molecular formula is C16H19ClN2OS. The molecule has 0 aliphatic carbocycles. The summed E-state index contributed by atoms with van der Waals surface area (Å²) in [5.41, 5.74) is 4.47. The fraction of sp³-hybridized carbons (Fsp3) is 0.438. The van der Waals surface area contributed by atoms with Gasteiger partial charge in [0.25, 0.3) is 0 Å². The zero-order valence-electron chi connectivity index (χ0n) is 11.8. The third-order valence-corrected chi connectivity index (χ3v) is 5.05. The van der Waals surface area contributed by atoms with Gasteiger partial charge in [0.2, 0.25) is 0 Å². The van der Waals surface area contributed by atoms with Crippen molar-refractivity contribution < 1.29 is 4.74 Å². The topological polar surface area (TPSA) is 34.2 Å². The summed E-state index contributed by atoms with van der Waals surface area (Å²) in [5.74, 6) is 0. The molecule has 1 aliphatic rings. The van der Waals surface area contributed by atoms with Gasteiger partial charge in [-0.15, -0.1) is 11.3 Å². The number of halogens is 1. The first kappa shape index (κ1) is 15.0. The highest BCUT2D eigenvalue weighted by atomic mass is 35.5. The van der Waals surface area contributed by atoms with Crippen molar-refractivity contribution in [3.63, 3.8) is 0 Å². The number of hydrogen-bond donors (Lipinski definition) is 1. The van der Waals surface area contributed by atoms with Gasteiger partial charge >= 0.3 is 0 Å². The second-order valence-corrected chi connectivity index (χ2v) is 6.64. The van der Waals surface area contributed by atoms with Gasteiger partial charge in [-0.3, -0.25) is 0 Å². The third-order valence-electron chi connectivity index (χ3n) is 4.16. The first-order valence-corrected chi connectivity index (χ1v) is 8.52. The van der Waals surface area contributed by atoms with E-state index in [-0.39, 0.29) is 5.41 Å². The summed E-state index contributed by atoms with van der Waals surface area (Å²) in [5, 5.41) is 6.44. The van der Waals surface area contributed by atoms with Gasteiger partial charge in [0.05, 0.1) is 11.2 Å². The van der Waals surface area contributed by atoms with Crippen LogP contribution in [0.25, 0.3) is 0 Å². The lowest BCUT2D eigenvalue weighted by molar-refractivity contribution is 0.0497. The molecule has 3 nitrogen and oxygen atoms in total. The van der Waals surface area contributed by atoms with Crippen LogP contribution >= 0.6 is 22.9 Å². The summed E-state index contributed by atoms with van der Waals surface area (Å²) in [6.45, 7) is 3.40. The van der Waals surface area contributed by atoms with E-state index in [2.05, 4.69) is 27.8 Å². The van der Waals surface area contributed by atoms with E-state index in [0.717, 1.165) is 49.9 Å². The van der Waals surface area contributed by atoms with E-state index in [9.17, 15) is 0 Å². The number of benzene rings is 1. The van der Waals surface area contributed by atoms with E-state index in [4.69, 9.17) is 16.3 Å². The smallest absolute Gasteiger partial charge is 0.0795 e. The lowest BCUT2D eigenvalue weighted by Gasteiger charge is -2.38. The molecule has 2 aromatic rings. The van der Waals surface area contributed by atoms with Crippen LogP contribution < -0.4 is 5.32 Å². The van der Waals surface area contributed by atoms with Crippen molar-refractivity contribution in [3.05, 3.63) is 51.4 Å². The van der Waals surface area contributed by atoms with E-state index < -0.39 is 0 Å². The SMILES string of the molecule is Clc1ccc(C2(CNCc3cscn3)CCOCC2)cc1. The van der Waals surface area contributed by atoms with Crippen LogP contribution in [-0.2, 0) is 16.7 Å². The lowest BCUT2D eigenvalue weighted by atomic mass is 9.74. The maximum atomic E-state index is 6.02. The molecular weight excluding hydrogens is 304 g/mol. The average Bonchev–Trinajstić information content (AvgIpc) is 3.02. The maximum absolute atomic E-state index is 6.02. The molecule has 3 rings (SSSR count). The van der Waals surface area contributed by atoms with Gasteiger partial charge in [0.15, 0.2) is 0 Å². The lowest BCUT2D eigenvalue weighted by Crippen LogP contribution is -2.42. The van der Waals surface area contributed by atoms with Crippen LogP contribution in [0, 0.1) is 0 Å². The number of rotatable bonds is 5. The average molecular weight is 323 g/mol. The van der Waals surface area contributed by atoms with Gasteiger partial charge in [-0.25, -0.2) is 4.98 Å². The highest BCUT2D eigenvalue weighted by Gasteiger charge is 2.34. The number of nitrogens with zero attached hydrogens (tertiary/aromatic N) is 1. The molecule has 21 heavy (non-hydrogen) atoms. The van der Waals surface area contributed by atoms with Gasteiger partial charge in [0, 0.05) is 42.1 Å². The van der Waals surface area contributed by atoms with E-state index in [1.807, 2.05) is 17.6 Å². The fourth-order valence-electron chi connectivity index (χ4n) is 2.89. The zero-order valence-corrected chi connectivity index (χ0v) is 13.4. The summed E-state index contributed by atoms with van der Waals surface area (Å²) in [7, 11) is 0. The summed E-state index contributed by atoms with van der Waals surface area (Å²) in [4.78, 5) is 4.32. The van der Waals surface area contributed by atoms with Crippen LogP contribution in [0.4, 0.5) is 0 Å². The Morgan fingerprint density at radius 1 is 1.24 bits per heavy atom. The number of thiazole rings is 1. The number of aromatic nitrogens is 1. The van der Waals surface area contributed by atoms with Crippen molar-refractivity contribution in [2.45, 2.75) is 24.8 Å². The predicted molar refractivity (Wildman–Crippen MR) is 87.0 cm³/mol. The molecule has 1 N–H and O–H groups in total. The number of nitrogens with one attached hydrogen (secondary N) is 1. The van der Waals surface area contributed by atoms with E-state index in [0.29, 0.717) is 0 Å². The maximum Gasteiger partial charge on any atom is 0.0795 e. The number of ether oxygens (including phenoxy) is 1. The van der Waals surface area contributed by atoms with Crippen molar-refractivity contribution >= 4 is 22.9 Å². The molecule has 5 heteroatoms. The summed E-state index contributed by atoms with van der Waals surface area (Å²) in [6.07, 6.45) is 2.08. The largest absolute Gasteiger partial charge is 0.381 e. The van der Waals surface area contributed by atoms with E-state index >= 15 is 0 Å². The van der Waals surface area contributed by atoms with Crippen molar-refractivity contribution in [2.24, 2.45) is 0 Å². The molecule has 2 heterocycles. The first-order valence-electron chi connectivity index (χ1n) is 7.20.